The molecule has 0 N–H and O–H groups in total. The quantitative estimate of drug-likeness (QED) is 0.305. The number of halogens is 1. The van der Waals surface area contributed by atoms with Crippen LogP contribution in [0.5, 0.6) is 0 Å². The average molecular weight is 508 g/mol. The number of benzene rings is 1. The molecule has 196 valence electrons. The third-order valence-corrected chi connectivity index (χ3v) is 6.47. The Hall–Kier alpha value is -3.39. The van der Waals surface area contributed by atoms with Crippen LogP contribution in [0.3, 0.4) is 0 Å². The second kappa shape index (κ2) is 11.8. The van der Waals surface area contributed by atoms with Gasteiger partial charge >= 0.3 is 5.97 Å². The fourth-order valence-electron chi connectivity index (χ4n) is 4.69. The zero-order valence-electron chi connectivity index (χ0n) is 21.7. The van der Waals surface area contributed by atoms with Crippen LogP contribution < -0.4 is 5.56 Å². The summed E-state index contributed by atoms with van der Waals surface area (Å²) in [6.45, 7) is 6.54. The molecule has 0 aliphatic heterocycles. The summed E-state index contributed by atoms with van der Waals surface area (Å²) in [7, 11) is 0. The summed E-state index contributed by atoms with van der Waals surface area (Å²) >= 11 is 0. The highest BCUT2D eigenvalue weighted by molar-refractivity contribution is 5.79. The van der Waals surface area contributed by atoms with Crippen molar-refractivity contribution in [3.8, 4) is 22.4 Å². The minimum absolute atomic E-state index is 0.0330. The molecule has 3 aromatic rings. The van der Waals surface area contributed by atoms with Crippen molar-refractivity contribution in [1.29, 1.82) is 0 Å². The maximum Gasteiger partial charge on any atom is 0.332 e. The lowest BCUT2D eigenvalue weighted by molar-refractivity contribution is -0.160. The predicted octanol–water partition coefficient (Wildman–Crippen LogP) is 5.28. The Morgan fingerprint density at radius 1 is 1.03 bits per heavy atom. The minimum Gasteiger partial charge on any atom is -0.458 e. The molecule has 0 unspecified atom stereocenters. The molecule has 0 saturated heterocycles. The van der Waals surface area contributed by atoms with Crippen molar-refractivity contribution in [3.63, 3.8) is 0 Å². The molecule has 7 nitrogen and oxygen atoms in total. The Morgan fingerprint density at radius 2 is 1.73 bits per heavy atom. The largest absolute Gasteiger partial charge is 0.458 e. The number of hydrogen-bond acceptors (Lipinski definition) is 6. The first-order valence-electron chi connectivity index (χ1n) is 12.8. The van der Waals surface area contributed by atoms with Crippen molar-refractivity contribution in [2.24, 2.45) is 11.8 Å². The molecule has 0 spiro atoms. The first-order chi connectivity index (χ1) is 17.7. The van der Waals surface area contributed by atoms with Gasteiger partial charge in [-0.1, -0.05) is 30.3 Å². The summed E-state index contributed by atoms with van der Waals surface area (Å²) in [4.78, 5) is 28.6. The third-order valence-electron chi connectivity index (χ3n) is 6.47. The van der Waals surface area contributed by atoms with E-state index in [-0.39, 0.29) is 18.1 Å². The molecule has 2 heterocycles. The van der Waals surface area contributed by atoms with Gasteiger partial charge in [0.2, 0.25) is 5.95 Å². The molecule has 0 amide bonds. The van der Waals surface area contributed by atoms with Crippen molar-refractivity contribution in [3.05, 3.63) is 71.0 Å². The van der Waals surface area contributed by atoms with E-state index in [0.29, 0.717) is 41.8 Å². The second-order valence-electron chi connectivity index (χ2n) is 10.7. The molecule has 0 bridgehead atoms. The number of carbonyl (C=O) groups excluding carboxylic acids is 1. The van der Waals surface area contributed by atoms with Crippen LogP contribution in [0, 0.1) is 17.8 Å². The number of esters is 1. The highest BCUT2D eigenvalue weighted by Gasteiger charge is 2.24. The van der Waals surface area contributed by atoms with Gasteiger partial charge in [-0.15, -0.1) is 0 Å². The van der Waals surface area contributed by atoms with Crippen LogP contribution in [0.2, 0.25) is 0 Å². The molecule has 1 aliphatic rings. The Bertz CT molecular complexity index is 1240. The van der Waals surface area contributed by atoms with Gasteiger partial charge in [0, 0.05) is 35.5 Å². The van der Waals surface area contributed by atoms with Crippen LogP contribution in [-0.4, -0.2) is 39.5 Å². The fraction of sp³-hybridized carbons (Fsp3) is 0.448. The van der Waals surface area contributed by atoms with Crippen LogP contribution in [0.25, 0.3) is 22.4 Å². The lowest BCUT2D eigenvalue weighted by Gasteiger charge is -2.28. The van der Waals surface area contributed by atoms with Crippen molar-refractivity contribution in [1.82, 2.24) is 14.8 Å². The Kier molecular flexibility index (Phi) is 8.48. The van der Waals surface area contributed by atoms with Crippen molar-refractivity contribution >= 4 is 5.97 Å². The maximum atomic E-state index is 13.4. The Balaban J connectivity index is 1.41. The molecule has 0 atom stereocenters. The number of carbonyl (C=O) groups is 1. The topological polar surface area (TPSA) is 83.3 Å². The molecular formula is C29H34FN3O4. The zero-order chi connectivity index (χ0) is 26.4. The van der Waals surface area contributed by atoms with Gasteiger partial charge in [-0.05, 0) is 70.4 Å². The zero-order valence-corrected chi connectivity index (χ0v) is 21.7. The molecular weight excluding hydrogens is 473 g/mol. The number of rotatable bonds is 8. The van der Waals surface area contributed by atoms with Gasteiger partial charge in [0.15, 0.2) is 0 Å². The first-order valence-corrected chi connectivity index (χ1v) is 12.8. The lowest BCUT2D eigenvalue weighted by Crippen LogP contribution is -2.30. The summed E-state index contributed by atoms with van der Waals surface area (Å²) in [6.07, 6.45) is 5.28. The number of hydrogen-bond donors (Lipinski definition) is 0. The molecule has 1 aromatic carbocycles. The highest BCUT2D eigenvalue weighted by Crippen LogP contribution is 2.31. The monoisotopic (exact) mass is 507 g/mol. The second-order valence-corrected chi connectivity index (χ2v) is 10.7. The number of pyridine rings is 1. The summed E-state index contributed by atoms with van der Waals surface area (Å²) in [6, 6.07) is 14.1. The molecule has 8 heteroatoms. The standard InChI is InChI=1S/C29H34FN3O4/c1-29(2,3)37-27(35)19-36-18-21-11-9-20(10-12-21)17-33-26(34)15-24(23-13-14-25(30)31-16-23)28(32-33)22-7-5-4-6-8-22/h4-8,13-16,20-21H,9-12,17-19H2,1-3H3/t20-,21-. The maximum absolute atomic E-state index is 13.4. The van der Waals surface area contributed by atoms with E-state index in [1.165, 1.54) is 12.3 Å². The van der Waals surface area contributed by atoms with Gasteiger partial charge in [-0.3, -0.25) is 4.79 Å². The van der Waals surface area contributed by atoms with E-state index in [1.54, 1.807) is 16.8 Å². The smallest absolute Gasteiger partial charge is 0.332 e. The molecule has 4 rings (SSSR count). The van der Waals surface area contributed by atoms with Crippen LogP contribution >= 0.6 is 0 Å². The van der Waals surface area contributed by atoms with Crippen LogP contribution in [0.4, 0.5) is 4.39 Å². The minimum atomic E-state index is -0.572. The number of aromatic nitrogens is 3. The molecule has 2 aromatic heterocycles. The van der Waals surface area contributed by atoms with Crippen LogP contribution in [0.1, 0.15) is 46.5 Å². The van der Waals surface area contributed by atoms with Crippen molar-refractivity contribution < 1.29 is 18.7 Å². The Labute approximate surface area is 216 Å². The summed E-state index contributed by atoms with van der Waals surface area (Å²) in [5.41, 5.74) is 2.11. The van der Waals surface area contributed by atoms with E-state index in [0.717, 1.165) is 31.2 Å². The van der Waals surface area contributed by atoms with Crippen molar-refractivity contribution in [2.45, 2.75) is 58.6 Å². The van der Waals surface area contributed by atoms with Crippen molar-refractivity contribution in [2.75, 3.05) is 13.2 Å². The van der Waals surface area contributed by atoms with E-state index < -0.39 is 11.5 Å². The summed E-state index contributed by atoms with van der Waals surface area (Å²) in [5, 5.41) is 4.76. The lowest BCUT2D eigenvalue weighted by atomic mass is 9.82. The molecule has 1 aliphatic carbocycles. The van der Waals surface area contributed by atoms with E-state index in [4.69, 9.17) is 14.6 Å². The normalized spacial score (nSPS) is 17.9. The van der Waals surface area contributed by atoms with Gasteiger partial charge in [0.05, 0.1) is 12.3 Å². The first kappa shape index (κ1) is 26.7. The molecule has 37 heavy (non-hydrogen) atoms. The SMILES string of the molecule is CC(C)(C)OC(=O)COC[C@H]1CC[C@H](Cn2nc(-c3ccccc3)c(-c3ccc(F)nc3)cc2=O)CC1. The van der Waals surface area contributed by atoms with Gasteiger partial charge in [-0.2, -0.15) is 9.49 Å². The third kappa shape index (κ3) is 7.55. The van der Waals surface area contributed by atoms with Crippen LogP contribution in [0.15, 0.2) is 59.5 Å². The average Bonchev–Trinajstić information content (AvgIpc) is 2.86. The fourth-order valence-corrected chi connectivity index (χ4v) is 4.69. The molecule has 1 saturated carbocycles. The molecule has 0 radical (unpaired) electrons. The Morgan fingerprint density at radius 3 is 2.38 bits per heavy atom. The molecule has 1 fully saturated rings. The van der Waals surface area contributed by atoms with Gasteiger partial charge < -0.3 is 9.47 Å². The van der Waals surface area contributed by atoms with E-state index in [2.05, 4.69) is 4.98 Å². The predicted molar refractivity (Wildman–Crippen MR) is 139 cm³/mol. The highest BCUT2D eigenvalue weighted by atomic mass is 19.1. The van der Waals surface area contributed by atoms with Gasteiger partial charge in [0.1, 0.15) is 12.2 Å². The number of nitrogens with zero attached hydrogens (tertiary/aromatic N) is 3. The van der Waals surface area contributed by atoms with E-state index in [1.807, 2.05) is 51.1 Å². The van der Waals surface area contributed by atoms with E-state index >= 15 is 0 Å². The summed E-state index contributed by atoms with van der Waals surface area (Å²) < 4.78 is 25.8. The number of ether oxygens (including phenoxy) is 2. The van der Waals surface area contributed by atoms with Gasteiger partial charge in [0.25, 0.3) is 5.56 Å². The van der Waals surface area contributed by atoms with Crippen LogP contribution in [-0.2, 0) is 20.8 Å². The van der Waals surface area contributed by atoms with E-state index in [9.17, 15) is 14.0 Å². The van der Waals surface area contributed by atoms with Gasteiger partial charge in [-0.25, -0.2) is 14.5 Å². The summed E-state index contributed by atoms with van der Waals surface area (Å²) in [5.74, 6) is -0.205.